The van der Waals surface area contributed by atoms with Crippen LogP contribution >= 0.6 is 8.60 Å². The van der Waals surface area contributed by atoms with Crippen LogP contribution in [0.4, 0.5) is 0 Å². The van der Waals surface area contributed by atoms with Crippen molar-refractivity contribution in [2.75, 3.05) is 59.4 Å². The van der Waals surface area contributed by atoms with E-state index < -0.39 is 8.60 Å². The maximum Gasteiger partial charge on any atom is 0.330 e. The first-order valence-electron chi connectivity index (χ1n) is 8.53. The van der Waals surface area contributed by atoms with Crippen LogP contribution < -0.4 is 5.32 Å². The molecule has 146 valence electrons. The predicted molar refractivity (Wildman–Crippen MR) is 94.0 cm³/mol. The SMILES string of the molecule is BC1CCC(COP(O)OCCOCCOCCOCCNC=O)O1. The highest BCUT2D eigenvalue weighted by Crippen LogP contribution is 2.33. The zero-order chi connectivity index (χ0) is 18.2. The topological polar surface area (TPSA) is 105 Å². The molecule has 9 nitrogen and oxygen atoms in total. The number of ether oxygens (including phenoxy) is 4. The molecule has 0 aromatic carbocycles. The molecule has 0 radical (unpaired) electrons. The number of hydrogen-bond acceptors (Lipinski definition) is 8. The van der Waals surface area contributed by atoms with E-state index in [1.54, 1.807) is 0 Å². The lowest BCUT2D eigenvalue weighted by atomic mass is 9.97. The van der Waals surface area contributed by atoms with Crippen LogP contribution in [0.1, 0.15) is 12.8 Å². The van der Waals surface area contributed by atoms with Gasteiger partial charge in [-0.05, 0) is 12.8 Å². The summed E-state index contributed by atoms with van der Waals surface area (Å²) < 4.78 is 31.8. The van der Waals surface area contributed by atoms with Crippen LogP contribution in [0.5, 0.6) is 0 Å². The summed E-state index contributed by atoms with van der Waals surface area (Å²) in [4.78, 5) is 19.6. The van der Waals surface area contributed by atoms with Gasteiger partial charge >= 0.3 is 8.60 Å². The average Bonchev–Trinajstić information content (AvgIpc) is 3.02. The van der Waals surface area contributed by atoms with Gasteiger partial charge in [0, 0.05) is 12.5 Å². The Labute approximate surface area is 151 Å². The Morgan fingerprint density at radius 1 is 1.04 bits per heavy atom. The van der Waals surface area contributed by atoms with Crippen molar-refractivity contribution < 1.29 is 37.7 Å². The molecular weight excluding hydrogens is 352 g/mol. The minimum absolute atomic E-state index is 0.0504. The summed E-state index contributed by atoms with van der Waals surface area (Å²) in [5.74, 6) is 0. The number of amides is 1. The van der Waals surface area contributed by atoms with E-state index in [1.807, 2.05) is 7.85 Å². The van der Waals surface area contributed by atoms with E-state index in [2.05, 4.69) is 5.32 Å². The van der Waals surface area contributed by atoms with Gasteiger partial charge in [0.2, 0.25) is 6.41 Å². The van der Waals surface area contributed by atoms with Crippen molar-refractivity contribution in [3.8, 4) is 0 Å². The number of carbonyl (C=O) groups excluding carboxylic acids is 1. The molecule has 2 N–H and O–H groups in total. The van der Waals surface area contributed by atoms with Crippen LogP contribution in [0.15, 0.2) is 0 Å². The van der Waals surface area contributed by atoms with Gasteiger partial charge in [-0.3, -0.25) is 4.79 Å². The Bertz CT molecular complexity index is 331. The molecule has 1 heterocycles. The van der Waals surface area contributed by atoms with Crippen molar-refractivity contribution in [2.24, 2.45) is 0 Å². The van der Waals surface area contributed by atoms with E-state index in [1.165, 1.54) is 0 Å². The van der Waals surface area contributed by atoms with Crippen molar-refractivity contribution in [1.82, 2.24) is 5.32 Å². The van der Waals surface area contributed by atoms with Gasteiger partial charge in [0.1, 0.15) is 7.85 Å². The lowest BCUT2D eigenvalue weighted by Gasteiger charge is -2.14. The van der Waals surface area contributed by atoms with E-state index in [0.29, 0.717) is 59.2 Å². The first-order chi connectivity index (χ1) is 12.2. The van der Waals surface area contributed by atoms with Gasteiger partial charge in [-0.2, -0.15) is 0 Å². The molecule has 25 heavy (non-hydrogen) atoms. The second kappa shape index (κ2) is 15.9. The largest absolute Gasteiger partial charge is 0.382 e. The van der Waals surface area contributed by atoms with Crippen molar-refractivity contribution in [3.05, 3.63) is 0 Å². The van der Waals surface area contributed by atoms with Gasteiger partial charge in [-0.1, -0.05) is 0 Å². The van der Waals surface area contributed by atoms with Crippen LogP contribution in [0.3, 0.4) is 0 Å². The molecule has 11 heteroatoms. The predicted octanol–water partition coefficient (Wildman–Crippen LogP) is -0.827. The molecule has 1 aliphatic rings. The lowest BCUT2D eigenvalue weighted by Crippen LogP contribution is -2.19. The molecular formula is C14H29BNO8P. The highest BCUT2D eigenvalue weighted by Gasteiger charge is 2.23. The Kier molecular flexibility index (Phi) is 14.5. The molecule has 1 saturated heterocycles. The third-order valence-electron chi connectivity index (χ3n) is 3.34. The van der Waals surface area contributed by atoms with Gasteiger partial charge in [0.25, 0.3) is 0 Å². The highest BCUT2D eigenvalue weighted by atomic mass is 31.2. The summed E-state index contributed by atoms with van der Waals surface area (Å²) >= 11 is 0. The first-order valence-corrected chi connectivity index (χ1v) is 9.66. The lowest BCUT2D eigenvalue weighted by molar-refractivity contribution is -0.109. The van der Waals surface area contributed by atoms with E-state index in [4.69, 9.17) is 28.0 Å². The summed E-state index contributed by atoms with van der Waals surface area (Å²) in [6, 6.07) is 0.265. The third-order valence-corrected chi connectivity index (χ3v) is 4.11. The summed E-state index contributed by atoms with van der Waals surface area (Å²) in [6.45, 7) is 3.77. The van der Waals surface area contributed by atoms with Gasteiger partial charge in [-0.15, -0.1) is 0 Å². The molecule has 0 aliphatic carbocycles. The highest BCUT2D eigenvalue weighted by molar-refractivity contribution is 7.40. The molecule has 3 atom stereocenters. The summed E-state index contributed by atoms with van der Waals surface area (Å²) in [5, 5.41) is 2.50. The monoisotopic (exact) mass is 381 g/mol. The maximum atomic E-state index is 9.98. The summed E-state index contributed by atoms with van der Waals surface area (Å²) in [7, 11) is 0.143. The number of hydrogen-bond donors (Lipinski definition) is 2. The molecule has 0 aromatic rings. The fourth-order valence-corrected chi connectivity index (χ4v) is 2.70. The van der Waals surface area contributed by atoms with Crippen molar-refractivity contribution >= 4 is 22.9 Å². The Morgan fingerprint density at radius 3 is 2.28 bits per heavy atom. The molecule has 0 aromatic heterocycles. The fraction of sp³-hybridized carbons (Fsp3) is 0.929. The van der Waals surface area contributed by atoms with Crippen LogP contribution in [0.2, 0.25) is 0 Å². The quantitative estimate of drug-likeness (QED) is 0.146. The van der Waals surface area contributed by atoms with E-state index in [0.717, 1.165) is 12.8 Å². The zero-order valence-corrected chi connectivity index (χ0v) is 15.7. The molecule has 1 aliphatic heterocycles. The molecule has 0 saturated carbocycles. The van der Waals surface area contributed by atoms with Crippen molar-refractivity contribution in [3.63, 3.8) is 0 Å². The van der Waals surface area contributed by atoms with E-state index in [-0.39, 0.29) is 18.7 Å². The van der Waals surface area contributed by atoms with Gasteiger partial charge in [0.15, 0.2) is 0 Å². The summed E-state index contributed by atoms with van der Waals surface area (Å²) in [6.07, 6.45) is 2.66. The normalized spacial score (nSPS) is 21.3. The Balaban J connectivity index is 1.75. The van der Waals surface area contributed by atoms with Gasteiger partial charge in [-0.25, -0.2) is 0 Å². The number of rotatable bonds is 17. The molecule has 1 rings (SSSR count). The van der Waals surface area contributed by atoms with Crippen LogP contribution in [-0.4, -0.2) is 90.7 Å². The van der Waals surface area contributed by atoms with Crippen molar-refractivity contribution in [1.29, 1.82) is 0 Å². The van der Waals surface area contributed by atoms with Gasteiger partial charge in [0.05, 0.1) is 59.0 Å². The zero-order valence-electron chi connectivity index (χ0n) is 14.8. The Morgan fingerprint density at radius 2 is 1.68 bits per heavy atom. The Hall–Kier alpha value is -0.315. The van der Waals surface area contributed by atoms with Crippen molar-refractivity contribution in [2.45, 2.75) is 24.9 Å². The molecule has 1 fully saturated rings. The van der Waals surface area contributed by atoms with Crippen LogP contribution in [-0.2, 0) is 32.8 Å². The fourth-order valence-electron chi connectivity index (χ4n) is 2.10. The third kappa shape index (κ3) is 13.5. The standard InChI is InChI=1S/C14H29BNO8P/c15-14-2-1-13(24-14)11-23-25(18)22-10-9-21-8-7-20-6-5-19-4-3-16-12-17/h12-14,18H,1-11,15H2,(H,16,17). The first kappa shape index (κ1) is 22.7. The van der Waals surface area contributed by atoms with E-state index in [9.17, 15) is 9.69 Å². The molecule has 0 bridgehead atoms. The maximum absolute atomic E-state index is 9.98. The van der Waals surface area contributed by atoms with Crippen LogP contribution in [0.25, 0.3) is 0 Å². The second-order valence-corrected chi connectivity index (χ2v) is 6.41. The second-order valence-electron chi connectivity index (χ2n) is 5.42. The summed E-state index contributed by atoms with van der Waals surface area (Å²) in [5.41, 5.74) is 0. The smallest absolute Gasteiger partial charge is 0.330 e. The average molecular weight is 381 g/mol. The molecule has 3 unspecified atom stereocenters. The number of nitrogens with one attached hydrogen (secondary N) is 1. The van der Waals surface area contributed by atoms with E-state index >= 15 is 0 Å². The van der Waals surface area contributed by atoms with Gasteiger partial charge < -0.3 is 38.2 Å². The van der Waals surface area contributed by atoms with Crippen LogP contribution in [0, 0.1) is 0 Å². The molecule has 0 spiro atoms. The molecule has 1 amide bonds. The minimum atomic E-state index is -1.88. The number of carbonyl (C=O) groups is 1. The minimum Gasteiger partial charge on any atom is -0.382 e.